The summed E-state index contributed by atoms with van der Waals surface area (Å²) in [7, 11) is 1.34. The lowest BCUT2D eigenvalue weighted by Crippen LogP contribution is -2.33. The highest BCUT2D eigenvalue weighted by Crippen LogP contribution is 2.55. The molecular formula is C8H11BO2. The van der Waals surface area contributed by atoms with Gasteiger partial charge in [0.25, 0.3) is 0 Å². The Kier molecular flexibility index (Phi) is 1.01. The van der Waals surface area contributed by atoms with Gasteiger partial charge in [-0.2, -0.15) is 0 Å². The molecule has 4 unspecified atom stereocenters. The highest BCUT2D eigenvalue weighted by molar-refractivity contribution is 6.42. The molecule has 3 aliphatic heterocycles. The van der Waals surface area contributed by atoms with E-state index in [1.54, 1.807) is 0 Å². The third-order valence-corrected chi connectivity index (χ3v) is 3.60. The standard InChI is InChI=1S/C8H11BO2/c10-7-2-4-1-5-3-6(11-7)8(4)9-5/h4-6,8-9H,1-3H2. The van der Waals surface area contributed by atoms with E-state index in [1.807, 2.05) is 0 Å². The van der Waals surface area contributed by atoms with Gasteiger partial charge in [0.1, 0.15) is 7.28 Å². The zero-order valence-corrected chi connectivity index (χ0v) is 6.45. The van der Waals surface area contributed by atoms with Crippen LogP contribution in [0, 0.1) is 5.92 Å². The first-order valence-corrected chi connectivity index (χ1v) is 4.52. The van der Waals surface area contributed by atoms with Crippen LogP contribution in [0.15, 0.2) is 0 Å². The highest BCUT2D eigenvalue weighted by atomic mass is 16.5. The fourth-order valence-corrected chi connectivity index (χ4v) is 3.23. The van der Waals surface area contributed by atoms with Gasteiger partial charge in [0, 0.05) is 6.42 Å². The minimum Gasteiger partial charge on any atom is -0.463 e. The van der Waals surface area contributed by atoms with E-state index in [9.17, 15) is 4.79 Å². The van der Waals surface area contributed by atoms with Crippen molar-refractivity contribution in [2.45, 2.75) is 37.0 Å². The second-order valence-corrected chi connectivity index (χ2v) is 4.23. The van der Waals surface area contributed by atoms with E-state index in [2.05, 4.69) is 0 Å². The Morgan fingerprint density at radius 1 is 1.45 bits per heavy atom. The lowest BCUT2D eigenvalue weighted by atomic mass is 9.64. The van der Waals surface area contributed by atoms with Crippen LogP contribution in [0.1, 0.15) is 19.3 Å². The third-order valence-electron chi connectivity index (χ3n) is 3.60. The van der Waals surface area contributed by atoms with Crippen molar-refractivity contribution in [3.8, 4) is 0 Å². The molecule has 0 saturated carbocycles. The zero-order chi connectivity index (χ0) is 7.42. The first-order valence-electron chi connectivity index (χ1n) is 4.52. The molecule has 0 radical (unpaired) electrons. The molecule has 2 nitrogen and oxygen atoms in total. The molecule has 58 valence electrons. The van der Waals surface area contributed by atoms with Gasteiger partial charge in [-0.15, -0.1) is 0 Å². The van der Waals surface area contributed by atoms with Crippen molar-refractivity contribution in [1.29, 1.82) is 0 Å². The van der Waals surface area contributed by atoms with E-state index in [0.717, 1.165) is 18.1 Å². The van der Waals surface area contributed by atoms with Crippen LogP contribution in [0.2, 0.25) is 11.6 Å². The van der Waals surface area contributed by atoms with Crippen molar-refractivity contribution in [3.05, 3.63) is 0 Å². The maximum atomic E-state index is 11.0. The van der Waals surface area contributed by atoms with Gasteiger partial charge in [0.05, 0.1) is 6.10 Å². The van der Waals surface area contributed by atoms with Crippen molar-refractivity contribution in [3.63, 3.8) is 0 Å². The fraction of sp³-hybridized carbons (Fsp3) is 0.875. The Morgan fingerprint density at radius 2 is 2.36 bits per heavy atom. The van der Waals surface area contributed by atoms with Crippen molar-refractivity contribution >= 4 is 13.2 Å². The minimum absolute atomic E-state index is 0.0524. The molecule has 0 aromatic heterocycles. The van der Waals surface area contributed by atoms with Crippen LogP contribution in [-0.2, 0) is 9.53 Å². The number of hydrogen-bond donors (Lipinski definition) is 0. The van der Waals surface area contributed by atoms with E-state index >= 15 is 0 Å². The summed E-state index contributed by atoms with van der Waals surface area (Å²) in [6, 6.07) is 0. The Morgan fingerprint density at radius 3 is 3.09 bits per heavy atom. The van der Waals surface area contributed by atoms with Crippen LogP contribution in [0.5, 0.6) is 0 Å². The lowest BCUT2D eigenvalue weighted by molar-refractivity contribution is -0.157. The molecule has 11 heavy (non-hydrogen) atoms. The Balaban J connectivity index is 1.92. The third kappa shape index (κ3) is 0.714. The molecule has 0 aromatic carbocycles. The van der Waals surface area contributed by atoms with Crippen LogP contribution in [-0.4, -0.2) is 19.4 Å². The van der Waals surface area contributed by atoms with Gasteiger partial charge in [-0.1, -0.05) is 12.2 Å². The van der Waals surface area contributed by atoms with E-state index in [4.69, 9.17) is 4.74 Å². The smallest absolute Gasteiger partial charge is 0.306 e. The Labute approximate surface area is 66.5 Å². The molecule has 0 amide bonds. The molecule has 0 aliphatic carbocycles. The molecule has 0 spiro atoms. The summed E-state index contributed by atoms with van der Waals surface area (Å²) in [5.41, 5.74) is 0. The predicted octanol–water partition coefficient (Wildman–Crippen LogP) is 0.739. The van der Waals surface area contributed by atoms with Crippen LogP contribution < -0.4 is 0 Å². The Bertz CT molecular complexity index is 198. The zero-order valence-electron chi connectivity index (χ0n) is 6.45. The largest absolute Gasteiger partial charge is 0.463 e. The molecule has 3 fully saturated rings. The summed E-state index contributed by atoms with van der Waals surface area (Å²) in [6.45, 7) is 0. The van der Waals surface area contributed by atoms with Crippen molar-refractivity contribution in [2.75, 3.05) is 0 Å². The van der Waals surface area contributed by atoms with Crippen LogP contribution in [0.3, 0.4) is 0 Å². The summed E-state index contributed by atoms with van der Waals surface area (Å²) in [4.78, 5) is 11.0. The molecule has 3 heterocycles. The summed E-state index contributed by atoms with van der Waals surface area (Å²) in [6.07, 6.45) is 3.49. The maximum absolute atomic E-state index is 11.0. The number of carbonyl (C=O) groups is 1. The lowest BCUT2D eigenvalue weighted by Gasteiger charge is -2.34. The summed E-state index contributed by atoms with van der Waals surface area (Å²) in [5.74, 6) is 2.39. The van der Waals surface area contributed by atoms with Crippen molar-refractivity contribution in [1.82, 2.24) is 0 Å². The monoisotopic (exact) mass is 150 g/mol. The number of carbonyl (C=O) groups excluding carboxylic acids is 1. The van der Waals surface area contributed by atoms with Crippen LogP contribution in [0.25, 0.3) is 0 Å². The molecular weight excluding hydrogens is 139 g/mol. The highest BCUT2D eigenvalue weighted by Gasteiger charge is 2.51. The first kappa shape index (κ1) is 6.10. The molecule has 3 heteroatoms. The number of ether oxygens (including phenoxy) is 1. The topological polar surface area (TPSA) is 26.3 Å². The summed E-state index contributed by atoms with van der Waals surface area (Å²) in [5, 5.41) is 0. The number of rotatable bonds is 0. The summed E-state index contributed by atoms with van der Waals surface area (Å²) < 4.78 is 5.27. The molecule has 0 N–H and O–H groups in total. The first-order chi connectivity index (χ1) is 5.33. The average molecular weight is 150 g/mol. The summed E-state index contributed by atoms with van der Waals surface area (Å²) >= 11 is 0. The average Bonchev–Trinajstić information content (AvgIpc) is 2.41. The van der Waals surface area contributed by atoms with Gasteiger partial charge in [-0.3, -0.25) is 4.79 Å². The molecule has 4 atom stereocenters. The Hall–Kier alpha value is -0.465. The molecule has 3 rings (SSSR count). The molecule has 3 aliphatic rings. The fourth-order valence-electron chi connectivity index (χ4n) is 3.23. The SMILES string of the molecule is O=C1CC2CC3BC2C(C3)O1. The van der Waals surface area contributed by atoms with Gasteiger partial charge in [0.15, 0.2) is 0 Å². The molecule has 3 saturated heterocycles. The number of fused-ring (bicyclic) bond motifs is 1. The van der Waals surface area contributed by atoms with E-state index in [1.165, 1.54) is 13.7 Å². The minimum atomic E-state index is 0.0524. The van der Waals surface area contributed by atoms with E-state index in [0.29, 0.717) is 18.4 Å². The van der Waals surface area contributed by atoms with Gasteiger partial charge < -0.3 is 4.74 Å². The van der Waals surface area contributed by atoms with Gasteiger partial charge >= 0.3 is 5.97 Å². The number of esters is 1. The normalized spacial score (nSPS) is 52.2. The van der Waals surface area contributed by atoms with Gasteiger partial charge in [-0.05, 0) is 18.2 Å². The predicted molar refractivity (Wildman–Crippen MR) is 41.9 cm³/mol. The van der Waals surface area contributed by atoms with Crippen molar-refractivity contribution in [2.24, 2.45) is 5.92 Å². The second-order valence-electron chi connectivity index (χ2n) is 4.23. The molecule has 2 bridgehead atoms. The van der Waals surface area contributed by atoms with E-state index in [-0.39, 0.29) is 5.97 Å². The van der Waals surface area contributed by atoms with Crippen molar-refractivity contribution < 1.29 is 9.53 Å². The van der Waals surface area contributed by atoms with Crippen LogP contribution in [0.4, 0.5) is 0 Å². The molecule has 0 aromatic rings. The second kappa shape index (κ2) is 1.82. The maximum Gasteiger partial charge on any atom is 0.306 e. The quantitative estimate of drug-likeness (QED) is 0.376. The number of hydrogen-bond acceptors (Lipinski definition) is 2. The van der Waals surface area contributed by atoms with Gasteiger partial charge in [0.2, 0.25) is 0 Å². The van der Waals surface area contributed by atoms with Gasteiger partial charge in [-0.25, -0.2) is 0 Å². The van der Waals surface area contributed by atoms with Crippen LogP contribution >= 0.6 is 0 Å². The van der Waals surface area contributed by atoms with E-state index < -0.39 is 0 Å².